The maximum absolute atomic E-state index is 12.2. The number of nitrogens with zero attached hydrogens (tertiary/aromatic N) is 1. The fraction of sp³-hybridized carbons (Fsp3) is 0.267. The lowest BCUT2D eigenvalue weighted by atomic mass is 10.2. The predicted octanol–water partition coefficient (Wildman–Crippen LogP) is 4.08. The van der Waals surface area contributed by atoms with Crippen LogP contribution in [0, 0.1) is 0 Å². The summed E-state index contributed by atoms with van der Waals surface area (Å²) in [6, 6.07) is 13.5. The van der Waals surface area contributed by atoms with Gasteiger partial charge in [0.25, 0.3) is 0 Å². The van der Waals surface area contributed by atoms with Gasteiger partial charge in [0.2, 0.25) is 0 Å². The summed E-state index contributed by atoms with van der Waals surface area (Å²) in [7, 11) is 0. The van der Waals surface area contributed by atoms with E-state index in [0.29, 0.717) is 5.75 Å². The minimum Gasteiger partial charge on any atom is -0.410 e. The molecule has 1 amide bonds. The Morgan fingerprint density at radius 2 is 2.05 bits per heavy atom. The molecule has 0 radical (unpaired) electrons. The zero-order valence-electron chi connectivity index (χ0n) is 10.5. The molecule has 0 saturated carbocycles. The Hall–Kier alpha value is -1.81. The summed E-state index contributed by atoms with van der Waals surface area (Å²) in [6.45, 7) is 0.772. The van der Waals surface area contributed by atoms with E-state index in [-0.39, 0.29) is 12.1 Å². The van der Waals surface area contributed by atoms with E-state index in [1.54, 1.807) is 23.5 Å². The number of likely N-dealkylation sites (tertiary alicyclic amines) is 1. The van der Waals surface area contributed by atoms with Crippen LogP contribution in [0.15, 0.2) is 47.8 Å². The predicted molar refractivity (Wildman–Crippen MR) is 75.5 cm³/mol. The first-order valence-corrected chi connectivity index (χ1v) is 7.29. The molecule has 0 unspecified atom stereocenters. The normalized spacial score (nSPS) is 18.5. The quantitative estimate of drug-likeness (QED) is 0.825. The van der Waals surface area contributed by atoms with Crippen LogP contribution in [-0.2, 0) is 0 Å². The molecule has 0 spiro atoms. The van der Waals surface area contributed by atoms with Crippen LogP contribution in [0.1, 0.15) is 23.8 Å². The van der Waals surface area contributed by atoms with E-state index in [1.807, 2.05) is 34.5 Å². The van der Waals surface area contributed by atoms with Crippen molar-refractivity contribution in [3.63, 3.8) is 0 Å². The number of thiophene rings is 1. The molecule has 1 aromatic carbocycles. The Balaban J connectivity index is 1.72. The highest BCUT2D eigenvalue weighted by Gasteiger charge is 2.31. The molecule has 1 aliphatic heterocycles. The molecule has 1 saturated heterocycles. The van der Waals surface area contributed by atoms with E-state index in [1.165, 1.54) is 4.88 Å². The Morgan fingerprint density at radius 3 is 2.79 bits per heavy atom. The highest BCUT2D eigenvalue weighted by molar-refractivity contribution is 7.10. The van der Waals surface area contributed by atoms with Gasteiger partial charge in [-0.3, -0.25) is 0 Å². The number of para-hydroxylation sites is 1. The molecule has 98 valence electrons. The summed E-state index contributed by atoms with van der Waals surface area (Å²) in [5.41, 5.74) is 0. The number of benzene rings is 1. The van der Waals surface area contributed by atoms with Crippen molar-refractivity contribution in [2.75, 3.05) is 6.54 Å². The molecule has 3 nitrogen and oxygen atoms in total. The average molecular weight is 273 g/mol. The monoisotopic (exact) mass is 273 g/mol. The van der Waals surface area contributed by atoms with E-state index in [2.05, 4.69) is 6.07 Å². The van der Waals surface area contributed by atoms with Crippen LogP contribution in [0.3, 0.4) is 0 Å². The van der Waals surface area contributed by atoms with Gasteiger partial charge in [-0.2, -0.15) is 0 Å². The van der Waals surface area contributed by atoms with Crippen molar-refractivity contribution in [2.24, 2.45) is 0 Å². The third-order valence-electron chi connectivity index (χ3n) is 3.31. The van der Waals surface area contributed by atoms with Crippen LogP contribution in [0.25, 0.3) is 0 Å². The van der Waals surface area contributed by atoms with E-state index in [4.69, 9.17) is 4.74 Å². The van der Waals surface area contributed by atoms with Gasteiger partial charge in [0.05, 0.1) is 6.04 Å². The molecule has 2 heterocycles. The van der Waals surface area contributed by atoms with Crippen molar-refractivity contribution >= 4 is 17.4 Å². The van der Waals surface area contributed by atoms with Crippen LogP contribution >= 0.6 is 11.3 Å². The average Bonchev–Trinajstić information content (AvgIpc) is 3.10. The van der Waals surface area contributed by atoms with Gasteiger partial charge < -0.3 is 9.64 Å². The van der Waals surface area contributed by atoms with Crippen molar-refractivity contribution in [1.29, 1.82) is 0 Å². The summed E-state index contributed by atoms with van der Waals surface area (Å²) < 4.78 is 5.42. The molecule has 0 bridgehead atoms. The van der Waals surface area contributed by atoms with Gasteiger partial charge in [-0.25, -0.2) is 4.79 Å². The fourth-order valence-corrected chi connectivity index (χ4v) is 3.28. The van der Waals surface area contributed by atoms with Gasteiger partial charge in [0.1, 0.15) is 5.75 Å². The van der Waals surface area contributed by atoms with Crippen LogP contribution in [0.5, 0.6) is 5.75 Å². The largest absolute Gasteiger partial charge is 0.415 e. The number of carbonyl (C=O) groups is 1. The highest BCUT2D eigenvalue weighted by Crippen LogP contribution is 2.34. The Morgan fingerprint density at radius 1 is 1.21 bits per heavy atom. The van der Waals surface area contributed by atoms with E-state index in [9.17, 15) is 4.79 Å². The Bertz CT molecular complexity index is 539. The number of rotatable bonds is 2. The molecule has 4 heteroatoms. The van der Waals surface area contributed by atoms with Crippen molar-refractivity contribution in [1.82, 2.24) is 4.90 Å². The standard InChI is InChI=1S/C15H15NO2S/c17-15(18-12-6-2-1-3-7-12)16-10-4-8-13(16)14-9-5-11-19-14/h1-3,5-7,9,11,13H,4,8,10H2/t13-/m1/s1. The molecular weight excluding hydrogens is 258 g/mol. The van der Waals surface area contributed by atoms with E-state index < -0.39 is 0 Å². The number of hydrogen-bond donors (Lipinski definition) is 0. The molecule has 0 N–H and O–H groups in total. The third kappa shape index (κ3) is 2.63. The topological polar surface area (TPSA) is 29.5 Å². The van der Waals surface area contributed by atoms with Crippen molar-refractivity contribution < 1.29 is 9.53 Å². The van der Waals surface area contributed by atoms with Crippen molar-refractivity contribution in [3.8, 4) is 5.75 Å². The van der Waals surface area contributed by atoms with Gasteiger partial charge in [0.15, 0.2) is 0 Å². The maximum atomic E-state index is 12.2. The van der Waals surface area contributed by atoms with Gasteiger partial charge in [-0.15, -0.1) is 11.3 Å². The van der Waals surface area contributed by atoms with Crippen LogP contribution in [-0.4, -0.2) is 17.5 Å². The molecule has 19 heavy (non-hydrogen) atoms. The highest BCUT2D eigenvalue weighted by atomic mass is 32.1. The van der Waals surface area contributed by atoms with Crippen molar-refractivity contribution in [3.05, 3.63) is 52.7 Å². The third-order valence-corrected chi connectivity index (χ3v) is 4.28. The molecule has 1 aliphatic rings. The first-order valence-electron chi connectivity index (χ1n) is 6.41. The fourth-order valence-electron chi connectivity index (χ4n) is 2.41. The molecule has 1 atom stereocenters. The zero-order valence-corrected chi connectivity index (χ0v) is 11.3. The van der Waals surface area contributed by atoms with E-state index in [0.717, 1.165) is 19.4 Å². The lowest BCUT2D eigenvalue weighted by molar-refractivity contribution is 0.148. The molecule has 0 aliphatic carbocycles. The Kier molecular flexibility index (Phi) is 3.51. The van der Waals surface area contributed by atoms with Gasteiger partial charge >= 0.3 is 6.09 Å². The summed E-state index contributed by atoms with van der Waals surface area (Å²) in [5, 5.41) is 2.05. The first kappa shape index (κ1) is 12.2. The lowest BCUT2D eigenvalue weighted by Crippen LogP contribution is -2.32. The number of amides is 1. The molecule has 2 aromatic rings. The van der Waals surface area contributed by atoms with Gasteiger partial charge in [-0.05, 0) is 36.4 Å². The summed E-state index contributed by atoms with van der Waals surface area (Å²) in [4.78, 5) is 15.3. The van der Waals surface area contributed by atoms with Crippen LogP contribution < -0.4 is 4.74 Å². The second kappa shape index (κ2) is 5.45. The van der Waals surface area contributed by atoms with Crippen molar-refractivity contribution in [2.45, 2.75) is 18.9 Å². The summed E-state index contributed by atoms with van der Waals surface area (Å²) >= 11 is 1.70. The number of ether oxygens (including phenoxy) is 1. The second-order valence-corrected chi connectivity index (χ2v) is 5.53. The smallest absolute Gasteiger partial charge is 0.410 e. The number of hydrogen-bond acceptors (Lipinski definition) is 3. The van der Waals surface area contributed by atoms with Crippen LogP contribution in [0.4, 0.5) is 4.79 Å². The number of carbonyl (C=O) groups excluding carboxylic acids is 1. The minimum atomic E-state index is -0.248. The zero-order chi connectivity index (χ0) is 13.1. The van der Waals surface area contributed by atoms with Gasteiger partial charge in [-0.1, -0.05) is 24.3 Å². The SMILES string of the molecule is O=C(Oc1ccccc1)N1CCC[C@@H]1c1cccs1. The van der Waals surface area contributed by atoms with Crippen LogP contribution in [0.2, 0.25) is 0 Å². The minimum absolute atomic E-state index is 0.177. The molecule has 3 rings (SSSR count). The van der Waals surface area contributed by atoms with Gasteiger partial charge in [0, 0.05) is 11.4 Å². The molecule has 1 aromatic heterocycles. The molecular formula is C15H15NO2S. The summed E-state index contributed by atoms with van der Waals surface area (Å²) in [5.74, 6) is 0.601. The van der Waals surface area contributed by atoms with E-state index >= 15 is 0 Å². The molecule has 1 fully saturated rings. The maximum Gasteiger partial charge on any atom is 0.415 e. The lowest BCUT2D eigenvalue weighted by Gasteiger charge is -2.22. The Labute approximate surface area is 116 Å². The summed E-state index contributed by atoms with van der Waals surface area (Å²) in [6.07, 6.45) is 1.80. The second-order valence-electron chi connectivity index (χ2n) is 4.55. The first-order chi connectivity index (χ1) is 9.34.